The van der Waals surface area contributed by atoms with Gasteiger partial charge in [-0.15, -0.1) is 0 Å². The zero-order valence-electron chi connectivity index (χ0n) is 15.0. The molecule has 1 atom stereocenters. The Kier molecular flexibility index (Phi) is 4.63. The highest BCUT2D eigenvalue weighted by atomic mass is 16.5. The Balaban J connectivity index is 2.00. The summed E-state index contributed by atoms with van der Waals surface area (Å²) in [5, 5.41) is 1.33. The van der Waals surface area contributed by atoms with Crippen LogP contribution in [0.3, 0.4) is 0 Å². The van der Waals surface area contributed by atoms with Gasteiger partial charge in [-0.3, -0.25) is 0 Å². The standard InChI is InChI=1S/C21H26N2O/c1-14-11-16(9-10-21(14)24-4)17(13-22)12-19-15(2)23(3)20-8-6-5-7-18(19)20/h5-11,17H,12-13,22H2,1-4H3. The second-order valence-corrected chi connectivity index (χ2v) is 6.51. The summed E-state index contributed by atoms with van der Waals surface area (Å²) in [4.78, 5) is 0. The highest BCUT2D eigenvalue weighted by Gasteiger charge is 2.18. The quantitative estimate of drug-likeness (QED) is 0.768. The molecule has 3 rings (SSSR count). The smallest absolute Gasteiger partial charge is 0.121 e. The normalized spacial score (nSPS) is 12.5. The highest BCUT2D eigenvalue weighted by Crippen LogP contribution is 2.31. The number of nitrogens with two attached hydrogens (primary N) is 1. The van der Waals surface area contributed by atoms with Gasteiger partial charge >= 0.3 is 0 Å². The van der Waals surface area contributed by atoms with E-state index in [1.54, 1.807) is 7.11 Å². The SMILES string of the molecule is COc1ccc(C(CN)Cc2c(C)n(C)c3ccccc23)cc1C. The summed E-state index contributed by atoms with van der Waals surface area (Å²) in [6.45, 7) is 4.91. The molecule has 0 aliphatic heterocycles. The van der Waals surface area contributed by atoms with E-state index in [1.165, 1.54) is 27.7 Å². The monoisotopic (exact) mass is 322 g/mol. The Hall–Kier alpha value is -2.26. The molecule has 24 heavy (non-hydrogen) atoms. The molecule has 3 heteroatoms. The first-order valence-electron chi connectivity index (χ1n) is 8.44. The first-order valence-corrected chi connectivity index (χ1v) is 8.44. The number of hydrogen-bond donors (Lipinski definition) is 1. The fourth-order valence-electron chi connectivity index (χ4n) is 3.60. The Morgan fingerprint density at radius 3 is 2.54 bits per heavy atom. The van der Waals surface area contributed by atoms with Gasteiger partial charge in [0.15, 0.2) is 0 Å². The molecule has 0 amide bonds. The Labute approximate surface area is 144 Å². The molecule has 0 fully saturated rings. The molecule has 1 aromatic heterocycles. The van der Waals surface area contributed by atoms with Crippen molar-refractivity contribution in [1.82, 2.24) is 4.57 Å². The van der Waals surface area contributed by atoms with Crippen molar-refractivity contribution in [2.75, 3.05) is 13.7 Å². The van der Waals surface area contributed by atoms with Gasteiger partial charge in [-0.25, -0.2) is 0 Å². The molecule has 0 aliphatic carbocycles. The largest absolute Gasteiger partial charge is 0.496 e. The molecule has 3 nitrogen and oxygen atoms in total. The molecule has 1 heterocycles. The van der Waals surface area contributed by atoms with Crippen LogP contribution < -0.4 is 10.5 Å². The minimum atomic E-state index is 0.305. The first-order chi connectivity index (χ1) is 11.6. The number of methoxy groups -OCH3 is 1. The van der Waals surface area contributed by atoms with E-state index in [9.17, 15) is 0 Å². The lowest BCUT2D eigenvalue weighted by atomic mass is 9.90. The lowest BCUT2D eigenvalue weighted by Gasteiger charge is -2.17. The number of rotatable bonds is 5. The summed E-state index contributed by atoms with van der Waals surface area (Å²) in [5.74, 6) is 1.23. The van der Waals surface area contributed by atoms with Crippen LogP contribution in [0.5, 0.6) is 5.75 Å². The molecule has 3 aromatic rings. The third-order valence-electron chi connectivity index (χ3n) is 5.16. The number of benzene rings is 2. The van der Waals surface area contributed by atoms with Crippen LogP contribution in [-0.2, 0) is 13.5 Å². The van der Waals surface area contributed by atoms with Gasteiger partial charge in [-0.1, -0.05) is 30.3 Å². The van der Waals surface area contributed by atoms with Crippen molar-refractivity contribution in [3.8, 4) is 5.75 Å². The fourth-order valence-corrected chi connectivity index (χ4v) is 3.60. The van der Waals surface area contributed by atoms with Crippen molar-refractivity contribution in [1.29, 1.82) is 0 Å². The van der Waals surface area contributed by atoms with E-state index in [0.29, 0.717) is 12.5 Å². The van der Waals surface area contributed by atoms with Crippen LogP contribution in [0, 0.1) is 13.8 Å². The molecule has 0 aliphatic rings. The summed E-state index contributed by atoms with van der Waals surface area (Å²) >= 11 is 0. The number of hydrogen-bond acceptors (Lipinski definition) is 2. The van der Waals surface area contributed by atoms with Crippen molar-refractivity contribution < 1.29 is 4.74 Å². The predicted octanol–water partition coefficient (Wildman–Crippen LogP) is 4.09. The van der Waals surface area contributed by atoms with Crippen molar-refractivity contribution in [2.24, 2.45) is 12.8 Å². The van der Waals surface area contributed by atoms with E-state index < -0.39 is 0 Å². The number of aromatic nitrogens is 1. The first kappa shape index (κ1) is 16.6. The average molecular weight is 322 g/mol. The Morgan fingerprint density at radius 1 is 1.12 bits per heavy atom. The average Bonchev–Trinajstić information content (AvgIpc) is 2.84. The van der Waals surface area contributed by atoms with Gasteiger partial charge in [0, 0.05) is 29.6 Å². The molecule has 0 saturated carbocycles. The summed E-state index contributed by atoms with van der Waals surface area (Å²) in [6.07, 6.45) is 0.954. The summed E-state index contributed by atoms with van der Waals surface area (Å²) in [5.41, 5.74) is 12.6. The molecule has 0 spiro atoms. The van der Waals surface area contributed by atoms with Crippen molar-refractivity contribution in [3.05, 3.63) is 64.8 Å². The number of para-hydroxylation sites is 1. The highest BCUT2D eigenvalue weighted by molar-refractivity contribution is 5.85. The van der Waals surface area contributed by atoms with Crippen molar-refractivity contribution in [2.45, 2.75) is 26.2 Å². The Bertz CT molecular complexity index is 864. The van der Waals surface area contributed by atoms with Crippen LogP contribution in [0.4, 0.5) is 0 Å². The van der Waals surface area contributed by atoms with Crippen LogP contribution in [0.15, 0.2) is 42.5 Å². The van der Waals surface area contributed by atoms with E-state index in [-0.39, 0.29) is 0 Å². The summed E-state index contributed by atoms with van der Waals surface area (Å²) in [6, 6.07) is 15.0. The van der Waals surface area contributed by atoms with E-state index >= 15 is 0 Å². The third kappa shape index (κ3) is 2.80. The molecule has 2 N–H and O–H groups in total. The van der Waals surface area contributed by atoms with E-state index in [1.807, 2.05) is 6.07 Å². The number of ether oxygens (including phenoxy) is 1. The van der Waals surface area contributed by atoms with Gasteiger partial charge in [0.25, 0.3) is 0 Å². The number of fused-ring (bicyclic) bond motifs is 1. The minimum absolute atomic E-state index is 0.305. The molecule has 0 saturated heterocycles. The maximum absolute atomic E-state index is 6.14. The second kappa shape index (κ2) is 6.70. The van der Waals surface area contributed by atoms with Gasteiger partial charge in [-0.2, -0.15) is 0 Å². The number of aryl methyl sites for hydroxylation is 2. The molecule has 1 unspecified atom stereocenters. The second-order valence-electron chi connectivity index (χ2n) is 6.51. The molecule has 0 radical (unpaired) electrons. The lowest BCUT2D eigenvalue weighted by Crippen LogP contribution is -2.15. The van der Waals surface area contributed by atoms with Crippen LogP contribution in [-0.4, -0.2) is 18.2 Å². The Morgan fingerprint density at radius 2 is 1.88 bits per heavy atom. The molecule has 2 aromatic carbocycles. The van der Waals surface area contributed by atoms with Crippen LogP contribution in [0.25, 0.3) is 10.9 Å². The summed E-state index contributed by atoms with van der Waals surface area (Å²) < 4.78 is 7.65. The minimum Gasteiger partial charge on any atom is -0.496 e. The molecular weight excluding hydrogens is 296 g/mol. The van der Waals surface area contributed by atoms with Gasteiger partial charge in [0.1, 0.15) is 5.75 Å². The zero-order valence-corrected chi connectivity index (χ0v) is 15.0. The van der Waals surface area contributed by atoms with Gasteiger partial charge in [0.05, 0.1) is 7.11 Å². The van der Waals surface area contributed by atoms with Gasteiger partial charge in [-0.05, 0) is 55.6 Å². The molecule has 0 bridgehead atoms. The summed E-state index contributed by atoms with van der Waals surface area (Å²) in [7, 11) is 3.85. The maximum atomic E-state index is 6.14. The lowest BCUT2D eigenvalue weighted by molar-refractivity contribution is 0.411. The van der Waals surface area contributed by atoms with E-state index in [2.05, 4.69) is 61.9 Å². The van der Waals surface area contributed by atoms with E-state index in [0.717, 1.165) is 17.7 Å². The van der Waals surface area contributed by atoms with Crippen LogP contribution >= 0.6 is 0 Å². The maximum Gasteiger partial charge on any atom is 0.121 e. The zero-order chi connectivity index (χ0) is 17.3. The fraction of sp³-hybridized carbons (Fsp3) is 0.333. The third-order valence-corrected chi connectivity index (χ3v) is 5.16. The van der Waals surface area contributed by atoms with E-state index in [4.69, 9.17) is 10.5 Å². The van der Waals surface area contributed by atoms with Gasteiger partial charge < -0.3 is 15.0 Å². The van der Waals surface area contributed by atoms with Gasteiger partial charge in [0.2, 0.25) is 0 Å². The van der Waals surface area contributed by atoms with Crippen LogP contribution in [0.2, 0.25) is 0 Å². The predicted molar refractivity (Wildman–Crippen MR) is 101 cm³/mol. The van der Waals surface area contributed by atoms with Crippen molar-refractivity contribution in [3.63, 3.8) is 0 Å². The topological polar surface area (TPSA) is 40.2 Å². The molecular formula is C21H26N2O. The number of nitrogens with zero attached hydrogens (tertiary/aromatic N) is 1. The van der Waals surface area contributed by atoms with Crippen molar-refractivity contribution >= 4 is 10.9 Å². The van der Waals surface area contributed by atoms with Crippen LogP contribution in [0.1, 0.15) is 28.3 Å². The molecule has 126 valence electrons.